The summed E-state index contributed by atoms with van der Waals surface area (Å²) in [5, 5.41) is 12.3. The van der Waals surface area contributed by atoms with E-state index in [1.54, 1.807) is 43.8 Å². The Morgan fingerprint density at radius 3 is 2.79 bits per heavy atom. The SMILES string of the molecule is COc1ccc(NC(=O)NCc2nc(-c3cccnc3)n[nH]2)cc1. The molecule has 0 fully saturated rings. The van der Waals surface area contributed by atoms with Crippen LogP contribution >= 0.6 is 0 Å². The topological polar surface area (TPSA) is 105 Å². The van der Waals surface area contributed by atoms with Crippen molar-refractivity contribution < 1.29 is 9.53 Å². The zero-order valence-corrected chi connectivity index (χ0v) is 13.0. The van der Waals surface area contributed by atoms with E-state index in [9.17, 15) is 4.79 Å². The Kier molecular flexibility index (Phi) is 4.66. The lowest BCUT2D eigenvalue weighted by atomic mass is 10.3. The molecule has 0 aliphatic rings. The molecule has 8 heteroatoms. The third kappa shape index (κ3) is 3.86. The van der Waals surface area contributed by atoms with Crippen molar-refractivity contribution in [2.45, 2.75) is 6.54 Å². The predicted octanol–water partition coefficient (Wildman–Crippen LogP) is 2.20. The molecule has 0 saturated heterocycles. The van der Waals surface area contributed by atoms with Gasteiger partial charge in [-0.25, -0.2) is 9.78 Å². The summed E-state index contributed by atoms with van der Waals surface area (Å²) in [6.45, 7) is 0.231. The quantitative estimate of drug-likeness (QED) is 0.667. The molecule has 24 heavy (non-hydrogen) atoms. The summed E-state index contributed by atoms with van der Waals surface area (Å²) < 4.78 is 5.07. The first kappa shape index (κ1) is 15.5. The molecule has 0 unspecified atom stereocenters. The first-order valence-electron chi connectivity index (χ1n) is 7.25. The molecule has 0 aliphatic heterocycles. The fraction of sp³-hybridized carbons (Fsp3) is 0.125. The van der Waals surface area contributed by atoms with Gasteiger partial charge in [-0.05, 0) is 36.4 Å². The van der Waals surface area contributed by atoms with Gasteiger partial charge < -0.3 is 15.4 Å². The van der Waals surface area contributed by atoms with Gasteiger partial charge in [0.25, 0.3) is 0 Å². The van der Waals surface area contributed by atoms with E-state index in [4.69, 9.17) is 4.74 Å². The number of anilines is 1. The minimum absolute atomic E-state index is 0.231. The van der Waals surface area contributed by atoms with Crippen LogP contribution in [-0.4, -0.2) is 33.3 Å². The summed E-state index contributed by atoms with van der Waals surface area (Å²) >= 11 is 0. The number of H-pyrrole nitrogens is 1. The second-order valence-electron chi connectivity index (χ2n) is 4.88. The third-order valence-corrected chi connectivity index (χ3v) is 3.22. The lowest BCUT2D eigenvalue weighted by Gasteiger charge is -2.07. The Bertz CT molecular complexity index is 801. The number of amides is 2. The lowest BCUT2D eigenvalue weighted by molar-refractivity contribution is 0.251. The largest absolute Gasteiger partial charge is 0.497 e. The molecule has 2 amide bonds. The summed E-state index contributed by atoms with van der Waals surface area (Å²) in [7, 11) is 1.59. The van der Waals surface area contributed by atoms with Crippen LogP contribution in [-0.2, 0) is 6.54 Å². The van der Waals surface area contributed by atoms with Crippen LogP contribution in [0.1, 0.15) is 5.82 Å². The highest BCUT2D eigenvalue weighted by atomic mass is 16.5. The number of nitrogens with zero attached hydrogens (tertiary/aromatic N) is 3. The van der Waals surface area contributed by atoms with E-state index < -0.39 is 0 Å². The normalized spacial score (nSPS) is 10.2. The van der Waals surface area contributed by atoms with Crippen LogP contribution in [0.2, 0.25) is 0 Å². The molecule has 2 aromatic heterocycles. The van der Waals surface area contributed by atoms with Crippen LogP contribution in [0, 0.1) is 0 Å². The Balaban J connectivity index is 1.53. The average molecular weight is 324 g/mol. The van der Waals surface area contributed by atoms with Gasteiger partial charge in [-0.2, -0.15) is 5.10 Å². The maximum absolute atomic E-state index is 11.9. The Hall–Kier alpha value is -3.42. The van der Waals surface area contributed by atoms with Crippen molar-refractivity contribution in [2.75, 3.05) is 12.4 Å². The molecule has 2 heterocycles. The monoisotopic (exact) mass is 324 g/mol. The summed E-state index contributed by atoms with van der Waals surface area (Å²) in [6.07, 6.45) is 3.36. The molecule has 8 nitrogen and oxygen atoms in total. The molecule has 0 saturated carbocycles. The van der Waals surface area contributed by atoms with Crippen molar-refractivity contribution in [1.29, 1.82) is 0 Å². The second-order valence-corrected chi connectivity index (χ2v) is 4.88. The van der Waals surface area contributed by atoms with E-state index in [2.05, 4.69) is 30.8 Å². The van der Waals surface area contributed by atoms with Gasteiger partial charge in [0.15, 0.2) is 5.82 Å². The lowest BCUT2D eigenvalue weighted by Crippen LogP contribution is -2.28. The molecule has 1 aromatic carbocycles. The zero-order valence-electron chi connectivity index (χ0n) is 13.0. The number of rotatable bonds is 5. The Morgan fingerprint density at radius 2 is 2.08 bits per heavy atom. The minimum atomic E-state index is -0.334. The molecule has 0 bridgehead atoms. The number of urea groups is 1. The molecule has 3 N–H and O–H groups in total. The van der Waals surface area contributed by atoms with Crippen LogP contribution in [0.5, 0.6) is 5.75 Å². The van der Waals surface area contributed by atoms with E-state index in [1.165, 1.54) is 0 Å². The summed E-state index contributed by atoms with van der Waals surface area (Å²) in [6, 6.07) is 10.4. The number of aromatic amines is 1. The highest BCUT2D eigenvalue weighted by Gasteiger charge is 2.07. The number of nitrogens with one attached hydrogen (secondary N) is 3. The molecule has 3 aromatic rings. The summed E-state index contributed by atoms with van der Waals surface area (Å²) in [4.78, 5) is 20.2. The average Bonchev–Trinajstić information content (AvgIpc) is 3.10. The summed E-state index contributed by atoms with van der Waals surface area (Å²) in [5.74, 6) is 1.82. The van der Waals surface area contributed by atoms with Crippen molar-refractivity contribution in [1.82, 2.24) is 25.5 Å². The number of carbonyl (C=O) groups excluding carboxylic acids is 1. The van der Waals surface area contributed by atoms with Gasteiger partial charge in [-0.3, -0.25) is 10.1 Å². The van der Waals surface area contributed by atoms with E-state index in [0.717, 1.165) is 11.3 Å². The number of methoxy groups -OCH3 is 1. The van der Waals surface area contributed by atoms with Gasteiger partial charge in [-0.15, -0.1) is 0 Å². The van der Waals surface area contributed by atoms with E-state index in [0.29, 0.717) is 17.3 Å². The fourth-order valence-corrected chi connectivity index (χ4v) is 2.01. The molecular weight excluding hydrogens is 308 g/mol. The van der Waals surface area contributed by atoms with Crippen molar-refractivity contribution in [3.8, 4) is 17.1 Å². The van der Waals surface area contributed by atoms with Gasteiger partial charge in [-0.1, -0.05) is 0 Å². The van der Waals surface area contributed by atoms with Gasteiger partial charge >= 0.3 is 6.03 Å². The van der Waals surface area contributed by atoms with E-state index in [1.807, 2.05) is 12.1 Å². The first-order valence-corrected chi connectivity index (χ1v) is 7.25. The fourth-order valence-electron chi connectivity index (χ4n) is 2.01. The van der Waals surface area contributed by atoms with Crippen LogP contribution in [0.4, 0.5) is 10.5 Å². The molecule has 0 radical (unpaired) electrons. The number of carbonyl (C=O) groups is 1. The van der Waals surface area contributed by atoms with Gasteiger partial charge in [0, 0.05) is 23.6 Å². The zero-order chi connectivity index (χ0) is 16.8. The standard InChI is InChI=1S/C16H16N6O2/c1-24-13-6-4-12(5-7-13)19-16(23)18-10-14-20-15(22-21-14)11-3-2-8-17-9-11/h2-9H,10H2,1H3,(H2,18,19,23)(H,20,21,22). The highest BCUT2D eigenvalue weighted by molar-refractivity contribution is 5.89. The van der Waals surface area contributed by atoms with Gasteiger partial charge in [0.1, 0.15) is 11.6 Å². The summed E-state index contributed by atoms with van der Waals surface area (Å²) in [5.41, 5.74) is 1.48. The molecular formula is C16H16N6O2. The van der Waals surface area contributed by atoms with Crippen molar-refractivity contribution >= 4 is 11.7 Å². The number of hydrogen-bond acceptors (Lipinski definition) is 5. The second kappa shape index (κ2) is 7.23. The van der Waals surface area contributed by atoms with Gasteiger partial charge in [0.2, 0.25) is 0 Å². The van der Waals surface area contributed by atoms with Gasteiger partial charge in [0.05, 0.1) is 13.7 Å². The predicted molar refractivity (Wildman–Crippen MR) is 88.5 cm³/mol. The number of benzene rings is 1. The van der Waals surface area contributed by atoms with Crippen LogP contribution in [0.25, 0.3) is 11.4 Å². The van der Waals surface area contributed by atoms with Crippen LogP contribution in [0.15, 0.2) is 48.8 Å². The maximum Gasteiger partial charge on any atom is 0.319 e. The highest BCUT2D eigenvalue weighted by Crippen LogP contribution is 2.15. The smallest absolute Gasteiger partial charge is 0.319 e. The van der Waals surface area contributed by atoms with Crippen LogP contribution < -0.4 is 15.4 Å². The maximum atomic E-state index is 11.9. The van der Waals surface area contributed by atoms with E-state index >= 15 is 0 Å². The van der Waals surface area contributed by atoms with Crippen LogP contribution in [0.3, 0.4) is 0 Å². The first-order chi connectivity index (χ1) is 11.7. The third-order valence-electron chi connectivity index (χ3n) is 3.22. The number of aromatic nitrogens is 4. The number of hydrogen-bond donors (Lipinski definition) is 3. The minimum Gasteiger partial charge on any atom is -0.497 e. The van der Waals surface area contributed by atoms with E-state index in [-0.39, 0.29) is 12.6 Å². The Labute approximate surface area is 138 Å². The molecule has 0 aliphatic carbocycles. The van der Waals surface area contributed by atoms with Crippen molar-refractivity contribution in [2.24, 2.45) is 0 Å². The molecule has 122 valence electrons. The Morgan fingerprint density at radius 1 is 1.25 bits per heavy atom. The number of pyridine rings is 1. The van der Waals surface area contributed by atoms with Crippen molar-refractivity contribution in [3.05, 3.63) is 54.6 Å². The van der Waals surface area contributed by atoms with Crippen molar-refractivity contribution in [3.63, 3.8) is 0 Å². The molecule has 3 rings (SSSR count). The number of ether oxygens (including phenoxy) is 1. The molecule has 0 spiro atoms. The molecule has 0 atom stereocenters.